The fourth-order valence-electron chi connectivity index (χ4n) is 0.955. The predicted molar refractivity (Wildman–Crippen MR) is 55.6 cm³/mol. The van der Waals surface area contributed by atoms with Gasteiger partial charge < -0.3 is 4.57 Å². The van der Waals surface area contributed by atoms with E-state index in [1.807, 2.05) is 7.05 Å². The van der Waals surface area contributed by atoms with E-state index in [1.165, 1.54) is 18.7 Å². The van der Waals surface area contributed by atoms with Crippen molar-refractivity contribution in [2.75, 3.05) is 5.75 Å². The number of hydrogen-bond donors (Lipinski definition) is 0. The Balaban J connectivity index is 2.93. The molecule has 0 saturated carbocycles. The number of carbonyl (C=O) groups is 1. The monoisotopic (exact) mass is 212 g/mol. The van der Waals surface area contributed by atoms with Crippen LogP contribution in [0.1, 0.15) is 12.5 Å². The van der Waals surface area contributed by atoms with E-state index >= 15 is 0 Å². The molecule has 0 unspecified atom stereocenters. The van der Waals surface area contributed by atoms with Gasteiger partial charge in [-0.05, 0) is 13.8 Å². The third-order valence-corrected chi connectivity index (χ3v) is 2.82. The Kier molecular flexibility index (Phi) is 3.46. The second-order valence-corrected chi connectivity index (χ2v) is 4.06. The number of carbonyl (C=O) groups excluding carboxylic acids is 1. The van der Waals surface area contributed by atoms with Gasteiger partial charge in [-0.3, -0.25) is 9.59 Å². The summed E-state index contributed by atoms with van der Waals surface area (Å²) >= 11 is 1.28. The maximum Gasteiger partial charge on any atom is 0.276 e. The van der Waals surface area contributed by atoms with Gasteiger partial charge in [0.15, 0.2) is 5.16 Å². The average molecular weight is 212 g/mol. The van der Waals surface area contributed by atoms with Crippen LogP contribution in [0.5, 0.6) is 0 Å². The molecule has 4 nitrogen and oxygen atoms in total. The molecule has 1 rings (SSSR count). The van der Waals surface area contributed by atoms with E-state index in [4.69, 9.17) is 0 Å². The zero-order chi connectivity index (χ0) is 10.7. The Morgan fingerprint density at radius 3 is 2.86 bits per heavy atom. The third-order valence-electron chi connectivity index (χ3n) is 1.63. The van der Waals surface area contributed by atoms with Crippen LogP contribution in [0.25, 0.3) is 0 Å². The zero-order valence-corrected chi connectivity index (χ0v) is 9.22. The first-order valence-corrected chi connectivity index (χ1v) is 5.16. The Bertz CT molecular complexity index is 412. The highest BCUT2D eigenvalue weighted by Crippen LogP contribution is 2.12. The van der Waals surface area contributed by atoms with Gasteiger partial charge >= 0.3 is 0 Å². The van der Waals surface area contributed by atoms with Crippen molar-refractivity contribution in [1.82, 2.24) is 9.55 Å². The number of hydrogen-bond acceptors (Lipinski definition) is 4. The smallest absolute Gasteiger partial charge is 0.276 e. The van der Waals surface area contributed by atoms with Crippen molar-refractivity contribution in [1.29, 1.82) is 0 Å². The Morgan fingerprint density at radius 2 is 2.29 bits per heavy atom. The summed E-state index contributed by atoms with van der Waals surface area (Å²) in [6.07, 6.45) is 1.72. The lowest BCUT2D eigenvalue weighted by atomic mass is 10.4. The third kappa shape index (κ3) is 2.70. The van der Waals surface area contributed by atoms with Crippen LogP contribution in [0, 0.1) is 6.92 Å². The number of thioether (sulfide) groups is 1. The van der Waals surface area contributed by atoms with Crippen molar-refractivity contribution in [3.8, 4) is 0 Å². The van der Waals surface area contributed by atoms with Crippen LogP contribution in [0.3, 0.4) is 0 Å². The summed E-state index contributed by atoms with van der Waals surface area (Å²) in [5.41, 5.74) is 0.383. The molecule has 0 radical (unpaired) electrons. The summed E-state index contributed by atoms with van der Waals surface area (Å²) in [4.78, 5) is 25.8. The number of rotatable bonds is 3. The summed E-state index contributed by atoms with van der Waals surface area (Å²) in [5, 5.41) is 0.579. The van der Waals surface area contributed by atoms with Gasteiger partial charge in [-0.1, -0.05) is 11.8 Å². The summed E-state index contributed by atoms with van der Waals surface area (Å²) in [5.74, 6) is 0.424. The minimum absolute atomic E-state index is 0.0739. The quantitative estimate of drug-likeness (QED) is 0.548. The van der Waals surface area contributed by atoms with Crippen molar-refractivity contribution in [2.45, 2.75) is 19.0 Å². The number of aromatic nitrogens is 2. The van der Waals surface area contributed by atoms with E-state index in [2.05, 4.69) is 4.98 Å². The summed E-state index contributed by atoms with van der Waals surface area (Å²) in [6.45, 7) is 3.23. The number of Topliss-reactive ketones (excluding diaryl/α,β-unsaturated/α-hetero) is 1. The highest BCUT2D eigenvalue weighted by atomic mass is 32.2. The highest BCUT2D eigenvalue weighted by molar-refractivity contribution is 7.99. The topological polar surface area (TPSA) is 52.0 Å². The average Bonchev–Trinajstić information content (AvgIpc) is 2.09. The lowest BCUT2D eigenvalue weighted by Crippen LogP contribution is -2.15. The largest absolute Gasteiger partial charge is 0.330 e. The molecular formula is C9H12N2O2S. The van der Waals surface area contributed by atoms with Crippen LogP contribution in [0.15, 0.2) is 16.1 Å². The van der Waals surface area contributed by atoms with Gasteiger partial charge in [0, 0.05) is 18.8 Å². The highest BCUT2D eigenvalue weighted by Gasteiger charge is 2.04. The van der Waals surface area contributed by atoms with Crippen LogP contribution in [-0.4, -0.2) is 21.1 Å². The molecular weight excluding hydrogens is 200 g/mol. The maximum absolute atomic E-state index is 11.2. The van der Waals surface area contributed by atoms with Gasteiger partial charge in [-0.25, -0.2) is 0 Å². The first kappa shape index (κ1) is 11.0. The lowest BCUT2D eigenvalue weighted by Gasteiger charge is -2.05. The standard InChI is InChI=1S/C9H12N2O2S/c1-6-4-11(3)9(10-8(6)13)14-5-7(2)12/h4H,5H2,1-3H3. The minimum Gasteiger partial charge on any atom is -0.330 e. The summed E-state index contributed by atoms with van der Waals surface area (Å²) in [6, 6.07) is 0. The van der Waals surface area contributed by atoms with Gasteiger partial charge in [0.05, 0.1) is 5.75 Å². The van der Waals surface area contributed by atoms with E-state index in [9.17, 15) is 9.59 Å². The van der Waals surface area contributed by atoms with Crippen LogP contribution >= 0.6 is 11.8 Å². The van der Waals surface area contributed by atoms with Crippen LogP contribution in [0.2, 0.25) is 0 Å². The van der Waals surface area contributed by atoms with Gasteiger partial charge in [-0.2, -0.15) is 4.98 Å². The van der Waals surface area contributed by atoms with Crippen molar-refractivity contribution in [3.05, 3.63) is 22.1 Å². The fourth-order valence-corrected chi connectivity index (χ4v) is 1.69. The first-order valence-electron chi connectivity index (χ1n) is 4.17. The van der Waals surface area contributed by atoms with E-state index in [1.54, 1.807) is 17.7 Å². The van der Waals surface area contributed by atoms with Crippen molar-refractivity contribution >= 4 is 17.5 Å². The molecule has 5 heteroatoms. The molecule has 0 fully saturated rings. The Labute approximate surface area is 86.4 Å². The number of aryl methyl sites for hydroxylation is 2. The molecule has 0 aliphatic heterocycles. The maximum atomic E-state index is 11.2. The molecule has 0 bridgehead atoms. The van der Waals surface area contributed by atoms with Gasteiger partial charge in [0.25, 0.3) is 5.56 Å². The summed E-state index contributed by atoms with van der Waals surface area (Å²) < 4.78 is 1.75. The van der Waals surface area contributed by atoms with Crippen molar-refractivity contribution in [2.24, 2.45) is 7.05 Å². The van der Waals surface area contributed by atoms with E-state index in [0.717, 1.165) is 0 Å². The van der Waals surface area contributed by atoms with Gasteiger partial charge in [0.2, 0.25) is 0 Å². The molecule has 0 amide bonds. The SMILES string of the molecule is CC(=O)CSc1nc(=O)c(C)cn1C. The predicted octanol–water partition coefficient (Wildman–Crippen LogP) is 0.770. The molecule has 0 aliphatic carbocycles. The van der Waals surface area contributed by atoms with E-state index in [0.29, 0.717) is 16.5 Å². The molecule has 0 aromatic carbocycles. The molecule has 76 valence electrons. The molecule has 0 atom stereocenters. The van der Waals surface area contributed by atoms with E-state index < -0.39 is 0 Å². The molecule has 0 spiro atoms. The number of ketones is 1. The van der Waals surface area contributed by atoms with Crippen LogP contribution < -0.4 is 5.56 Å². The Hall–Kier alpha value is -1.10. The molecule has 14 heavy (non-hydrogen) atoms. The fraction of sp³-hybridized carbons (Fsp3) is 0.444. The van der Waals surface area contributed by atoms with Crippen LogP contribution in [0.4, 0.5) is 0 Å². The van der Waals surface area contributed by atoms with E-state index in [-0.39, 0.29) is 11.3 Å². The normalized spacial score (nSPS) is 10.2. The first-order chi connectivity index (χ1) is 6.50. The summed E-state index contributed by atoms with van der Waals surface area (Å²) in [7, 11) is 1.81. The molecule has 1 heterocycles. The molecule has 0 N–H and O–H groups in total. The molecule has 0 saturated heterocycles. The molecule has 0 aliphatic rings. The second-order valence-electron chi connectivity index (χ2n) is 3.11. The van der Waals surface area contributed by atoms with Crippen LogP contribution in [-0.2, 0) is 11.8 Å². The zero-order valence-electron chi connectivity index (χ0n) is 8.40. The van der Waals surface area contributed by atoms with Gasteiger partial charge in [-0.15, -0.1) is 0 Å². The molecule has 1 aromatic rings. The lowest BCUT2D eigenvalue weighted by molar-refractivity contribution is -0.114. The van der Waals surface area contributed by atoms with Crippen molar-refractivity contribution in [3.63, 3.8) is 0 Å². The molecule has 1 aromatic heterocycles. The minimum atomic E-state index is -0.228. The second kappa shape index (κ2) is 4.41. The van der Waals surface area contributed by atoms with Gasteiger partial charge in [0.1, 0.15) is 5.78 Å². The van der Waals surface area contributed by atoms with Crippen molar-refractivity contribution < 1.29 is 4.79 Å². The number of nitrogens with zero attached hydrogens (tertiary/aromatic N) is 2. The Morgan fingerprint density at radius 1 is 1.64 bits per heavy atom.